The van der Waals surface area contributed by atoms with Crippen LogP contribution < -0.4 is 4.31 Å². The first kappa shape index (κ1) is 12.6. The van der Waals surface area contributed by atoms with Crippen LogP contribution >= 0.6 is 0 Å². The number of anilines is 1. The number of hydrogen-bond donors (Lipinski definition) is 0. The summed E-state index contributed by atoms with van der Waals surface area (Å²) in [6.45, 7) is 3.20. The molecule has 0 amide bonds. The first-order valence-electron chi connectivity index (χ1n) is 5.41. The van der Waals surface area contributed by atoms with E-state index in [0.717, 1.165) is 0 Å². The highest BCUT2D eigenvalue weighted by molar-refractivity contribution is 7.92. The van der Waals surface area contributed by atoms with Crippen LogP contribution in [0, 0.1) is 13.8 Å². The summed E-state index contributed by atoms with van der Waals surface area (Å²) in [4.78, 5) is 0.133. The Hall–Kier alpha value is -1.82. The molecule has 0 spiro atoms. The summed E-state index contributed by atoms with van der Waals surface area (Å²) in [6, 6.07) is 8.87. The van der Waals surface area contributed by atoms with E-state index in [0.29, 0.717) is 17.1 Å². The lowest BCUT2D eigenvalue weighted by atomic mass is 10.3. The van der Waals surface area contributed by atoms with Gasteiger partial charge < -0.3 is 4.52 Å². The number of aromatic nitrogens is 1. The van der Waals surface area contributed by atoms with Crippen LogP contribution in [-0.4, -0.2) is 20.6 Å². The number of rotatable bonds is 3. The molecule has 0 saturated carbocycles. The zero-order chi connectivity index (χ0) is 13.3. The molecule has 18 heavy (non-hydrogen) atoms. The maximum Gasteiger partial charge on any atom is 0.269 e. The lowest BCUT2D eigenvalue weighted by molar-refractivity contribution is 0.390. The van der Waals surface area contributed by atoms with Gasteiger partial charge in [-0.05, 0) is 26.0 Å². The summed E-state index contributed by atoms with van der Waals surface area (Å²) in [6.07, 6.45) is 0. The predicted octanol–water partition coefficient (Wildman–Crippen LogP) is 2.12. The zero-order valence-electron chi connectivity index (χ0n) is 10.4. The molecule has 5 nitrogen and oxygen atoms in total. The van der Waals surface area contributed by atoms with Crippen LogP contribution in [0.1, 0.15) is 11.5 Å². The summed E-state index contributed by atoms with van der Waals surface area (Å²) >= 11 is 0. The van der Waals surface area contributed by atoms with Crippen LogP contribution in [0.2, 0.25) is 0 Å². The Kier molecular flexibility index (Phi) is 3.13. The molecule has 96 valence electrons. The SMILES string of the molecule is Cc1noc(C)c1S(=O)(=O)N(C)c1ccccc1. The largest absolute Gasteiger partial charge is 0.360 e. The molecule has 0 unspecified atom stereocenters. The van der Waals surface area contributed by atoms with Gasteiger partial charge in [-0.2, -0.15) is 0 Å². The fourth-order valence-corrected chi connectivity index (χ4v) is 3.24. The average Bonchev–Trinajstić information content (AvgIpc) is 2.69. The van der Waals surface area contributed by atoms with E-state index in [1.807, 2.05) is 6.07 Å². The van der Waals surface area contributed by atoms with Crippen molar-refractivity contribution in [2.75, 3.05) is 11.4 Å². The van der Waals surface area contributed by atoms with Crippen molar-refractivity contribution < 1.29 is 12.9 Å². The van der Waals surface area contributed by atoms with Gasteiger partial charge >= 0.3 is 0 Å². The lowest BCUT2D eigenvalue weighted by Gasteiger charge is -2.18. The van der Waals surface area contributed by atoms with E-state index in [4.69, 9.17) is 4.52 Å². The number of sulfonamides is 1. The van der Waals surface area contributed by atoms with Crippen molar-refractivity contribution in [1.29, 1.82) is 0 Å². The summed E-state index contributed by atoms with van der Waals surface area (Å²) in [5.74, 6) is 0.301. The minimum atomic E-state index is -3.63. The molecule has 2 aromatic rings. The molecular weight excluding hydrogens is 252 g/mol. The van der Waals surface area contributed by atoms with Crippen LogP contribution in [-0.2, 0) is 10.0 Å². The molecule has 0 fully saturated rings. The topological polar surface area (TPSA) is 63.4 Å². The monoisotopic (exact) mass is 266 g/mol. The molecule has 0 N–H and O–H groups in total. The molecule has 1 heterocycles. The Labute approximate surface area is 106 Å². The van der Waals surface area contributed by atoms with Gasteiger partial charge in [-0.15, -0.1) is 0 Å². The van der Waals surface area contributed by atoms with Gasteiger partial charge in [0.1, 0.15) is 5.69 Å². The molecular formula is C12H14N2O3S. The third-order valence-electron chi connectivity index (χ3n) is 2.71. The highest BCUT2D eigenvalue weighted by Gasteiger charge is 2.28. The highest BCUT2D eigenvalue weighted by atomic mass is 32.2. The molecule has 1 aromatic heterocycles. The van der Waals surface area contributed by atoms with Crippen molar-refractivity contribution in [3.8, 4) is 0 Å². The number of benzene rings is 1. The molecule has 2 rings (SSSR count). The third-order valence-corrected chi connectivity index (χ3v) is 4.74. The lowest BCUT2D eigenvalue weighted by Crippen LogP contribution is -2.27. The highest BCUT2D eigenvalue weighted by Crippen LogP contribution is 2.26. The Balaban J connectivity index is 2.51. The minimum Gasteiger partial charge on any atom is -0.360 e. The van der Waals surface area contributed by atoms with Gasteiger partial charge in [0, 0.05) is 7.05 Å². The van der Waals surface area contributed by atoms with Crippen LogP contribution in [0.4, 0.5) is 5.69 Å². The summed E-state index contributed by atoms with van der Waals surface area (Å²) < 4.78 is 31.1. The number of nitrogens with zero attached hydrogens (tertiary/aromatic N) is 2. The molecule has 0 saturated heterocycles. The van der Waals surface area contributed by atoms with E-state index in [9.17, 15) is 8.42 Å². The Bertz CT molecular complexity index is 628. The standard InChI is InChI=1S/C12H14N2O3S/c1-9-12(10(2)17-13-9)18(15,16)14(3)11-7-5-4-6-8-11/h4-8H,1-3H3. The molecule has 1 aromatic carbocycles. The van der Waals surface area contributed by atoms with E-state index in [-0.39, 0.29) is 4.90 Å². The smallest absolute Gasteiger partial charge is 0.269 e. The van der Waals surface area contributed by atoms with Crippen molar-refractivity contribution in [3.05, 3.63) is 41.8 Å². The number of aryl methyl sites for hydroxylation is 2. The second-order valence-corrected chi connectivity index (χ2v) is 5.87. The Morgan fingerprint density at radius 1 is 1.17 bits per heavy atom. The van der Waals surface area contributed by atoms with Gasteiger partial charge in [0.05, 0.1) is 5.69 Å². The van der Waals surface area contributed by atoms with E-state index < -0.39 is 10.0 Å². The maximum atomic E-state index is 12.5. The fraction of sp³-hybridized carbons (Fsp3) is 0.250. The predicted molar refractivity (Wildman–Crippen MR) is 68.0 cm³/mol. The van der Waals surface area contributed by atoms with Crippen LogP contribution in [0.15, 0.2) is 39.8 Å². The second kappa shape index (κ2) is 4.45. The van der Waals surface area contributed by atoms with Gasteiger partial charge in [-0.25, -0.2) is 8.42 Å². The zero-order valence-corrected chi connectivity index (χ0v) is 11.2. The first-order chi connectivity index (χ1) is 8.44. The Morgan fingerprint density at radius 2 is 1.78 bits per heavy atom. The van der Waals surface area contributed by atoms with Crippen LogP contribution in [0.25, 0.3) is 0 Å². The van der Waals surface area contributed by atoms with Crippen molar-refractivity contribution in [2.24, 2.45) is 0 Å². The molecule has 0 aliphatic heterocycles. The van der Waals surface area contributed by atoms with Crippen molar-refractivity contribution in [2.45, 2.75) is 18.7 Å². The number of hydrogen-bond acceptors (Lipinski definition) is 4. The van der Waals surface area contributed by atoms with Gasteiger partial charge in [0.2, 0.25) is 0 Å². The third kappa shape index (κ3) is 1.99. The van der Waals surface area contributed by atoms with E-state index in [2.05, 4.69) is 5.16 Å². The fourth-order valence-electron chi connectivity index (χ4n) is 1.76. The van der Waals surface area contributed by atoms with Crippen LogP contribution in [0.5, 0.6) is 0 Å². The average molecular weight is 266 g/mol. The molecule has 0 aliphatic rings. The number of para-hydroxylation sites is 1. The molecule has 0 aliphatic carbocycles. The molecule has 0 bridgehead atoms. The van der Waals surface area contributed by atoms with Crippen molar-refractivity contribution >= 4 is 15.7 Å². The van der Waals surface area contributed by atoms with Crippen LogP contribution in [0.3, 0.4) is 0 Å². The normalized spacial score (nSPS) is 11.5. The quantitative estimate of drug-likeness (QED) is 0.853. The van der Waals surface area contributed by atoms with E-state index in [1.165, 1.54) is 11.4 Å². The molecule has 0 atom stereocenters. The Morgan fingerprint density at radius 3 is 2.28 bits per heavy atom. The summed E-state index contributed by atoms with van der Waals surface area (Å²) in [5.41, 5.74) is 0.966. The molecule has 0 radical (unpaired) electrons. The summed E-state index contributed by atoms with van der Waals surface area (Å²) in [7, 11) is -2.12. The van der Waals surface area contributed by atoms with Gasteiger partial charge in [-0.1, -0.05) is 23.4 Å². The molecule has 6 heteroatoms. The van der Waals surface area contributed by atoms with Gasteiger partial charge in [0.15, 0.2) is 10.7 Å². The van der Waals surface area contributed by atoms with Gasteiger partial charge in [0.25, 0.3) is 10.0 Å². The second-order valence-electron chi connectivity index (χ2n) is 3.96. The maximum absolute atomic E-state index is 12.5. The van der Waals surface area contributed by atoms with E-state index in [1.54, 1.807) is 38.1 Å². The summed E-state index contributed by atoms with van der Waals surface area (Å²) in [5, 5.41) is 3.68. The first-order valence-corrected chi connectivity index (χ1v) is 6.85. The van der Waals surface area contributed by atoms with Gasteiger partial charge in [-0.3, -0.25) is 4.31 Å². The van der Waals surface area contributed by atoms with Crippen molar-refractivity contribution in [3.63, 3.8) is 0 Å². The van der Waals surface area contributed by atoms with Crippen molar-refractivity contribution in [1.82, 2.24) is 5.16 Å². The minimum absolute atomic E-state index is 0.133. The van der Waals surface area contributed by atoms with E-state index >= 15 is 0 Å².